The normalized spacial score (nSPS) is 10.6. The SMILES string of the molecule is NCCc1ccc(C(=O)Cc2c(F)cccc2Cl)cc1. The lowest BCUT2D eigenvalue weighted by Gasteiger charge is -2.06. The van der Waals surface area contributed by atoms with Crippen molar-refractivity contribution in [2.45, 2.75) is 12.8 Å². The summed E-state index contributed by atoms with van der Waals surface area (Å²) in [6, 6.07) is 11.6. The van der Waals surface area contributed by atoms with Crippen molar-refractivity contribution in [1.82, 2.24) is 0 Å². The fourth-order valence-corrected chi connectivity index (χ4v) is 2.22. The molecule has 2 nitrogen and oxygen atoms in total. The van der Waals surface area contributed by atoms with E-state index in [4.69, 9.17) is 17.3 Å². The largest absolute Gasteiger partial charge is 0.330 e. The summed E-state index contributed by atoms with van der Waals surface area (Å²) in [6.07, 6.45) is 0.732. The highest BCUT2D eigenvalue weighted by atomic mass is 35.5. The highest BCUT2D eigenvalue weighted by molar-refractivity contribution is 6.31. The fraction of sp³-hybridized carbons (Fsp3) is 0.188. The van der Waals surface area contributed by atoms with E-state index in [1.165, 1.54) is 12.1 Å². The topological polar surface area (TPSA) is 43.1 Å². The minimum atomic E-state index is -0.453. The summed E-state index contributed by atoms with van der Waals surface area (Å²) in [4.78, 5) is 12.1. The Balaban J connectivity index is 2.16. The van der Waals surface area contributed by atoms with Gasteiger partial charge in [0, 0.05) is 22.6 Å². The van der Waals surface area contributed by atoms with E-state index in [0.29, 0.717) is 12.1 Å². The van der Waals surface area contributed by atoms with Gasteiger partial charge >= 0.3 is 0 Å². The van der Waals surface area contributed by atoms with Crippen molar-refractivity contribution in [2.24, 2.45) is 5.73 Å². The van der Waals surface area contributed by atoms with Crippen LogP contribution in [0.2, 0.25) is 5.02 Å². The molecule has 0 unspecified atom stereocenters. The van der Waals surface area contributed by atoms with Crippen LogP contribution in [0.15, 0.2) is 42.5 Å². The lowest BCUT2D eigenvalue weighted by atomic mass is 10.0. The third-order valence-corrected chi connectivity index (χ3v) is 3.46. The number of ketones is 1. The number of carbonyl (C=O) groups excluding carboxylic acids is 1. The zero-order chi connectivity index (χ0) is 14.5. The van der Waals surface area contributed by atoms with Crippen LogP contribution in [0.1, 0.15) is 21.5 Å². The molecule has 0 aromatic heterocycles. The summed E-state index contributed by atoms with van der Waals surface area (Å²) in [5.74, 6) is -0.609. The van der Waals surface area contributed by atoms with Crippen LogP contribution in [0.3, 0.4) is 0 Å². The minimum Gasteiger partial charge on any atom is -0.330 e. The van der Waals surface area contributed by atoms with Gasteiger partial charge < -0.3 is 5.73 Å². The number of nitrogens with two attached hydrogens (primary N) is 1. The maximum absolute atomic E-state index is 13.6. The zero-order valence-electron chi connectivity index (χ0n) is 10.9. The van der Waals surface area contributed by atoms with E-state index in [2.05, 4.69) is 0 Å². The average molecular weight is 292 g/mol. The maximum atomic E-state index is 13.6. The number of benzene rings is 2. The van der Waals surface area contributed by atoms with E-state index in [0.717, 1.165) is 12.0 Å². The Bertz CT molecular complexity index is 590. The van der Waals surface area contributed by atoms with Gasteiger partial charge in [0.25, 0.3) is 0 Å². The van der Waals surface area contributed by atoms with Crippen LogP contribution in [-0.2, 0) is 12.8 Å². The number of rotatable bonds is 5. The van der Waals surface area contributed by atoms with Crippen molar-refractivity contribution in [2.75, 3.05) is 6.54 Å². The van der Waals surface area contributed by atoms with Crippen molar-refractivity contribution >= 4 is 17.4 Å². The molecule has 0 bridgehead atoms. The smallest absolute Gasteiger partial charge is 0.167 e. The van der Waals surface area contributed by atoms with Crippen molar-refractivity contribution in [3.05, 3.63) is 70.0 Å². The van der Waals surface area contributed by atoms with Crippen LogP contribution in [-0.4, -0.2) is 12.3 Å². The first-order valence-corrected chi connectivity index (χ1v) is 6.74. The lowest BCUT2D eigenvalue weighted by molar-refractivity contribution is 0.0992. The van der Waals surface area contributed by atoms with Crippen LogP contribution in [0.25, 0.3) is 0 Å². The molecule has 0 amide bonds. The molecular formula is C16H15ClFNO. The number of halogens is 2. The highest BCUT2D eigenvalue weighted by Gasteiger charge is 2.13. The van der Waals surface area contributed by atoms with E-state index in [1.54, 1.807) is 18.2 Å². The van der Waals surface area contributed by atoms with Crippen LogP contribution in [0.4, 0.5) is 4.39 Å². The Morgan fingerprint density at radius 1 is 1.15 bits per heavy atom. The summed E-state index contributed by atoms with van der Waals surface area (Å²) in [5, 5.41) is 0.276. The van der Waals surface area contributed by atoms with E-state index in [-0.39, 0.29) is 22.8 Å². The van der Waals surface area contributed by atoms with Crippen molar-refractivity contribution < 1.29 is 9.18 Å². The molecule has 20 heavy (non-hydrogen) atoms. The average Bonchev–Trinajstić information content (AvgIpc) is 2.44. The maximum Gasteiger partial charge on any atom is 0.167 e. The van der Waals surface area contributed by atoms with Gasteiger partial charge in [0.05, 0.1) is 0 Å². The molecule has 2 aromatic rings. The van der Waals surface area contributed by atoms with Gasteiger partial charge in [-0.2, -0.15) is 0 Å². The van der Waals surface area contributed by atoms with Gasteiger partial charge in [0.1, 0.15) is 5.82 Å². The van der Waals surface area contributed by atoms with Gasteiger partial charge in [-0.3, -0.25) is 4.79 Å². The number of hydrogen-bond acceptors (Lipinski definition) is 2. The van der Waals surface area contributed by atoms with Crippen molar-refractivity contribution in [3.63, 3.8) is 0 Å². The third kappa shape index (κ3) is 3.44. The molecule has 0 atom stereocenters. The molecule has 104 valence electrons. The highest BCUT2D eigenvalue weighted by Crippen LogP contribution is 2.21. The standard InChI is InChI=1S/C16H15ClFNO/c17-14-2-1-3-15(18)13(14)10-16(20)12-6-4-11(5-7-12)8-9-19/h1-7H,8-10,19H2. The van der Waals surface area contributed by atoms with Gasteiger partial charge in [0.15, 0.2) is 5.78 Å². The quantitative estimate of drug-likeness (QED) is 0.858. The number of Topliss-reactive ketones (excluding diaryl/α,β-unsaturated/α-hetero) is 1. The Hall–Kier alpha value is -1.71. The summed E-state index contributed by atoms with van der Waals surface area (Å²) >= 11 is 5.92. The van der Waals surface area contributed by atoms with Crippen LogP contribution in [0.5, 0.6) is 0 Å². The molecule has 0 aliphatic carbocycles. The van der Waals surface area contributed by atoms with Crippen molar-refractivity contribution in [1.29, 1.82) is 0 Å². The van der Waals surface area contributed by atoms with Gasteiger partial charge in [-0.05, 0) is 30.7 Å². The Morgan fingerprint density at radius 3 is 2.45 bits per heavy atom. The van der Waals surface area contributed by atoms with E-state index >= 15 is 0 Å². The second kappa shape index (κ2) is 6.64. The van der Waals surface area contributed by atoms with Gasteiger partial charge in [-0.25, -0.2) is 4.39 Å². The third-order valence-electron chi connectivity index (χ3n) is 3.11. The molecule has 0 spiro atoms. The molecule has 0 saturated carbocycles. The zero-order valence-corrected chi connectivity index (χ0v) is 11.7. The Kier molecular flexibility index (Phi) is 4.88. The van der Waals surface area contributed by atoms with E-state index in [9.17, 15) is 9.18 Å². The lowest BCUT2D eigenvalue weighted by Crippen LogP contribution is -2.07. The molecule has 0 radical (unpaired) electrons. The summed E-state index contributed by atoms with van der Waals surface area (Å²) in [5.41, 5.74) is 7.33. The first-order chi connectivity index (χ1) is 9.61. The number of hydrogen-bond donors (Lipinski definition) is 1. The summed E-state index contributed by atoms with van der Waals surface area (Å²) in [7, 11) is 0. The Morgan fingerprint density at radius 2 is 1.85 bits per heavy atom. The molecule has 0 heterocycles. The monoisotopic (exact) mass is 291 g/mol. The second-order valence-electron chi connectivity index (χ2n) is 4.54. The number of carbonyl (C=O) groups is 1. The Labute approximate surface area is 122 Å². The van der Waals surface area contributed by atoms with Crippen LogP contribution >= 0.6 is 11.6 Å². The summed E-state index contributed by atoms with van der Waals surface area (Å²) in [6.45, 7) is 0.568. The molecule has 0 saturated heterocycles. The van der Waals surface area contributed by atoms with Crippen molar-refractivity contribution in [3.8, 4) is 0 Å². The van der Waals surface area contributed by atoms with E-state index in [1.807, 2.05) is 12.1 Å². The predicted octanol–water partition coefficient (Wildman–Crippen LogP) is 3.41. The van der Waals surface area contributed by atoms with Crippen LogP contribution < -0.4 is 5.73 Å². The van der Waals surface area contributed by atoms with E-state index < -0.39 is 5.82 Å². The molecule has 0 aliphatic rings. The van der Waals surface area contributed by atoms with Gasteiger partial charge in [-0.1, -0.05) is 41.9 Å². The fourth-order valence-electron chi connectivity index (χ4n) is 1.99. The first-order valence-electron chi connectivity index (χ1n) is 6.37. The molecule has 2 N–H and O–H groups in total. The van der Waals surface area contributed by atoms with Gasteiger partial charge in [-0.15, -0.1) is 0 Å². The predicted molar refractivity (Wildman–Crippen MR) is 78.6 cm³/mol. The molecule has 0 aliphatic heterocycles. The van der Waals surface area contributed by atoms with Gasteiger partial charge in [0.2, 0.25) is 0 Å². The second-order valence-corrected chi connectivity index (χ2v) is 4.94. The molecule has 2 aromatic carbocycles. The summed E-state index contributed by atoms with van der Waals surface area (Å²) < 4.78 is 13.6. The molecule has 0 fully saturated rings. The molecular weight excluding hydrogens is 277 g/mol. The molecule has 4 heteroatoms. The molecule has 2 rings (SSSR count). The first kappa shape index (κ1) is 14.7. The van der Waals surface area contributed by atoms with Crippen LogP contribution in [0, 0.1) is 5.82 Å². The minimum absolute atomic E-state index is 0.0399.